The van der Waals surface area contributed by atoms with Crippen LogP contribution in [-0.4, -0.2) is 26.8 Å². The van der Waals surface area contributed by atoms with Crippen LogP contribution in [0.25, 0.3) is 0 Å². The lowest BCUT2D eigenvalue weighted by Gasteiger charge is -2.09. The molecule has 168 valence electrons. The Balaban J connectivity index is 1.42. The predicted octanol–water partition coefficient (Wildman–Crippen LogP) is 2.79. The van der Waals surface area contributed by atoms with Crippen LogP contribution in [0.4, 0.5) is 14.5 Å². The van der Waals surface area contributed by atoms with Gasteiger partial charge in [0.15, 0.2) is 17.4 Å². The fraction of sp³-hybridized carbons (Fsp3) is 0.143. The highest BCUT2D eigenvalue weighted by atomic mass is 32.2. The van der Waals surface area contributed by atoms with Gasteiger partial charge < -0.3 is 15.1 Å². The molecule has 11 heteroatoms. The first kappa shape index (κ1) is 23.1. The summed E-state index contributed by atoms with van der Waals surface area (Å²) in [5, 5.41) is 5.31. The zero-order valence-corrected chi connectivity index (χ0v) is 17.4. The van der Waals surface area contributed by atoms with Crippen molar-refractivity contribution >= 4 is 27.5 Å². The van der Waals surface area contributed by atoms with E-state index in [-0.39, 0.29) is 31.2 Å². The third-order valence-electron chi connectivity index (χ3n) is 4.29. The van der Waals surface area contributed by atoms with Crippen molar-refractivity contribution in [2.45, 2.75) is 17.9 Å². The molecule has 2 amide bonds. The van der Waals surface area contributed by atoms with E-state index in [1.54, 1.807) is 30.3 Å². The van der Waals surface area contributed by atoms with Gasteiger partial charge in [0.2, 0.25) is 15.9 Å². The molecule has 0 saturated heterocycles. The van der Waals surface area contributed by atoms with E-state index in [4.69, 9.17) is 4.42 Å². The van der Waals surface area contributed by atoms with Gasteiger partial charge in [0.05, 0.1) is 11.2 Å². The minimum Gasteiger partial charge on any atom is -0.459 e. The topological polar surface area (TPSA) is 118 Å². The molecular weight excluding hydrogens is 444 g/mol. The number of anilines is 1. The van der Waals surface area contributed by atoms with Crippen LogP contribution in [-0.2, 0) is 21.4 Å². The van der Waals surface area contributed by atoms with Crippen molar-refractivity contribution in [1.82, 2.24) is 10.0 Å². The van der Waals surface area contributed by atoms with Crippen molar-refractivity contribution in [2.75, 3.05) is 11.9 Å². The fourth-order valence-corrected chi connectivity index (χ4v) is 3.66. The Bertz CT molecular complexity index is 1200. The Morgan fingerprint density at radius 3 is 2.38 bits per heavy atom. The average molecular weight is 463 g/mol. The van der Waals surface area contributed by atoms with E-state index in [1.165, 1.54) is 12.3 Å². The van der Waals surface area contributed by atoms with Crippen LogP contribution >= 0.6 is 0 Å². The fourth-order valence-electron chi connectivity index (χ4n) is 2.62. The standard InChI is InChI=1S/C21H19F2N3O5S/c22-17-8-7-16(12-18(17)23)32(29,30)25-10-9-20(27)24-13-14-3-5-15(6-4-14)26-21(28)19-2-1-11-31-19/h1-8,11-12,25H,9-10,13H2,(H,24,27)(H,26,28). The van der Waals surface area contributed by atoms with E-state index in [0.29, 0.717) is 17.8 Å². The number of carbonyl (C=O) groups excluding carboxylic acids is 2. The normalized spacial score (nSPS) is 11.2. The van der Waals surface area contributed by atoms with Crippen LogP contribution in [0.3, 0.4) is 0 Å². The van der Waals surface area contributed by atoms with Gasteiger partial charge in [-0.3, -0.25) is 9.59 Å². The summed E-state index contributed by atoms with van der Waals surface area (Å²) in [7, 11) is -4.07. The summed E-state index contributed by atoms with van der Waals surface area (Å²) in [5.41, 5.74) is 1.31. The summed E-state index contributed by atoms with van der Waals surface area (Å²) in [6.07, 6.45) is 1.24. The van der Waals surface area contributed by atoms with Gasteiger partial charge in [-0.2, -0.15) is 0 Å². The van der Waals surface area contributed by atoms with E-state index in [2.05, 4.69) is 15.4 Å². The molecule has 0 atom stereocenters. The summed E-state index contributed by atoms with van der Waals surface area (Å²) in [6, 6.07) is 12.1. The smallest absolute Gasteiger partial charge is 0.291 e. The average Bonchev–Trinajstić information content (AvgIpc) is 3.30. The second kappa shape index (κ2) is 10.2. The summed E-state index contributed by atoms with van der Waals surface area (Å²) in [4.78, 5) is 23.4. The highest BCUT2D eigenvalue weighted by Gasteiger charge is 2.16. The molecule has 0 radical (unpaired) electrons. The van der Waals surface area contributed by atoms with Crippen LogP contribution in [0.5, 0.6) is 0 Å². The SMILES string of the molecule is O=C(CCNS(=O)(=O)c1ccc(F)c(F)c1)NCc1ccc(NC(=O)c2ccco2)cc1. The van der Waals surface area contributed by atoms with E-state index < -0.39 is 32.5 Å². The number of nitrogens with one attached hydrogen (secondary N) is 3. The van der Waals surface area contributed by atoms with Gasteiger partial charge in [-0.1, -0.05) is 12.1 Å². The molecule has 0 unspecified atom stereocenters. The maximum Gasteiger partial charge on any atom is 0.291 e. The molecule has 0 bridgehead atoms. The summed E-state index contributed by atoms with van der Waals surface area (Å²) >= 11 is 0. The Kier molecular flexibility index (Phi) is 7.33. The minimum atomic E-state index is -4.07. The third-order valence-corrected chi connectivity index (χ3v) is 5.75. The van der Waals surface area contributed by atoms with E-state index in [1.807, 2.05) is 0 Å². The number of hydrogen-bond acceptors (Lipinski definition) is 5. The molecule has 3 rings (SSSR count). The lowest BCUT2D eigenvalue weighted by molar-refractivity contribution is -0.121. The van der Waals surface area contributed by atoms with Gasteiger partial charge in [-0.25, -0.2) is 21.9 Å². The summed E-state index contributed by atoms with van der Waals surface area (Å²) in [6.45, 7) is -0.0217. The quantitative estimate of drug-likeness (QED) is 0.451. The van der Waals surface area contributed by atoms with E-state index in [9.17, 15) is 26.8 Å². The molecule has 0 aliphatic rings. The van der Waals surface area contributed by atoms with Crippen LogP contribution < -0.4 is 15.4 Å². The zero-order valence-electron chi connectivity index (χ0n) is 16.6. The Morgan fingerprint density at radius 1 is 0.969 bits per heavy atom. The number of halogens is 2. The molecule has 0 aliphatic heterocycles. The van der Waals surface area contributed by atoms with Gasteiger partial charge in [0.1, 0.15) is 0 Å². The molecule has 3 N–H and O–H groups in total. The molecule has 8 nitrogen and oxygen atoms in total. The van der Waals surface area contributed by atoms with Crippen LogP contribution in [0.2, 0.25) is 0 Å². The first-order chi connectivity index (χ1) is 15.2. The van der Waals surface area contributed by atoms with Crippen LogP contribution in [0, 0.1) is 11.6 Å². The largest absolute Gasteiger partial charge is 0.459 e. The van der Waals surface area contributed by atoms with Gasteiger partial charge in [0.25, 0.3) is 5.91 Å². The Morgan fingerprint density at radius 2 is 1.72 bits per heavy atom. The van der Waals surface area contributed by atoms with Gasteiger partial charge in [0, 0.05) is 25.2 Å². The molecule has 1 heterocycles. The summed E-state index contributed by atoms with van der Waals surface area (Å²) in [5.74, 6) is -3.05. The van der Waals surface area contributed by atoms with Crippen molar-refractivity contribution in [3.8, 4) is 0 Å². The lowest BCUT2D eigenvalue weighted by atomic mass is 10.2. The number of hydrogen-bond donors (Lipinski definition) is 3. The zero-order chi connectivity index (χ0) is 23.1. The second-order valence-corrected chi connectivity index (χ2v) is 8.40. The number of carbonyl (C=O) groups is 2. The second-order valence-electron chi connectivity index (χ2n) is 6.63. The molecule has 0 fully saturated rings. The monoisotopic (exact) mass is 463 g/mol. The van der Waals surface area contributed by atoms with Crippen LogP contribution in [0.1, 0.15) is 22.5 Å². The van der Waals surface area contributed by atoms with Crippen molar-refractivity contribution < 1.29 is 31.2 Å². The molecule has 0 saturated carbocycles. The molecule has 3 aromatic rings. The van der Waals surface area contributed by atoms with Gasteiger partial charge in [-0.15, -0.1) is 0 Å². The van der Waals surface area contributed by atoms with Crippen molar-refractivity contribution in [3.63, 3.8) is 0 Å². The van der Waals surface area contributed by atoms with Gasteiger partial charge >= 0.3 is 0 Å². The molecular formula is C21H19F2N3O5S. The molecule has 32 heavy (non-hydrogen) atoms. The highest BCUT2D eigenvalue weighted by Crippen LogP contribution is 2.14. The van der Waals surface area contributed by atoms with E-state index in [0.717, 1.165) is 11.6 Å². The van der Waals surface area contributed by atoms with E-state index >= 15 is 0 Å². The van der Waals surface area contributed by atoms with Crippen molar-refractivity contribution in [3.05, 3.63) is 83.8 Å². The van der Waals surface area contributed by atoms with Crippen LogP contribution in [0.15, 0.2) is 70.2 Å². The predicted molar refractivity (Wildman–Crippen MR) is 111 cm³/mol. The number of benzene rings is 2. The third kappa shape index (κ3) is 6.22. The number of sulfonamides is 1. The molecule has 0 aliphatic carbocycles. The lowest BCUT2D eigenvalue weighted by Crippen LogP contribution is -2.30. The maximum atomic E-state index is 13.2. The minimum absolute atomic E-state index is 0.153. The highest BCUT2D eigenvalue weighted by molar-refractivity contribution is 7.89. The molecule has 0 spiro atoms. The molecule has 1 aromatic heterocycles. The number of amides is 2. The first-order valence-corrected chi connectivity index (χ1v) is 10.9. The van der Waals surface area contributed by atoms with Crippen molar-refractivity contribution in [1.29, 1.82) is 0 Å². The van der Waals surface area contributed by atoms with Gasteiger partial charge in [-0.05, 0) is 48.0 Å². The number of rotatable bonds is 9. The van der Waals surface area contributed by atoms with Crippen molar-refractivity contribution in [2.24, 2.45) is 0 Å². The summed E-state index contributed by atoms with van der Waals surface area (Å²) < 4.78 is 57.5. The maximum absolute atomic E-state index is 13.2. The Hall–Kier alpha value is -3.57. The Labute approximate surface area is 182 Å². The first-order valence-electron chi connectivity index (χ1n) is 9.40. The number of furan rings is 1. The molecule has 2 aromatic carbocycles.